The maximum atomic E-state index is 9.98. The second-order valence-electron chi connectivity index (χ2n) is 1.09. The lowest BCUT2D eigenvalue weighted by Crippen LogP contribution is -1.93. The first-order valence-corrected chi connectivity index (χ1v) is 4.32. The third-order valence-corrected chi connectivity index (χ3v) is 2.72. The summed E-state index contributed by atoms with van der Waals surface area (Å²) in [4.78, 5) is 0. The molecule has 0 rings (SSSR count). The SMILES string of the molecule is CS(=O)(=O)CP. The van der Waals surface area contributed by atoms with Crippen molar-refractivity contribution in [2.75, 3.05) is 11.7 Å². The van der Waals surface area contributed by atoms with Crippen LogP contribution in [0.2, 0.25) is 0 Å². The van der Waals surface area contributed by atoms with Gasteiger partial charge in [0.2, 0.25) is 0 Å². The van der Waals surface area contributed by atoms with Gasteiger partial charge < -0.3 is 0 Å². The van der Waals surface area contributed by atoms with E-state index in [-0.39, 0.29) is 5.49 Å². The van der Waals surface area contributed by atoms with Crippen LogP contribution in [0.5, 0.6) is 0 Å². The fourth-order valence-corrected chi connectivity index (χ4v) is 0. The Morgan fingerprint density at radius 3 is 1.83 bits per heavy atom. The van der Waals surface area contributed by atoms with E-state index in [0.29, 0.717) is 0 Å². The Morgan fingerprint density at radius 2 is 1.83 bits per heavy atom. The van der Waals surface area contributed by atoms with Crippen LogP contribution in [0.25, 0.3) is 0 Å². The fourth-order valence-electron chi connectivity index (χ4n) is 0. The summed E-state index contributed by atoms with van der Waals surface area (Å²) in [5, 5.41) is 0. The minimum Gasteiger partial charge on any atom is -0.229 e. The summed E-state index contributed by atoms with van der Waals surface area (Å²) in [6.07, 6.45) is 1.19. The maximum absolute atomic E-state index is 9.98. The van der Waals surface area contributed by atoms with Gasteiger partial charge in [-0.2, -0.15) is 0 Å². The minimum atomic E-state index is -2.70. The van der Waals surface area contributed by atoms with Gasteiger partial charge in [-0.15, -0.1) is 9.24 Å². The van der Waals surface area contributed by atoms with Gasteiger partial charge >= 0.3 is 0 Å². The van der Waals surface area contributed by atoms with Crippen molar-refractivity contribution < 1.29 is 8.42 Å². The molecule has 0 aliphatic heterocycles. The highest BCUT2D eigenvalue weighted by atomic mass is 32.2. The lowest BCUT2D eigenvalue weighted by Gasteiger charge is -1.81. The van der Waals surface area contributed by atoms with E-state index in [1.54, 1.807) is 0 Å². The van der Waals surface area contributed by atoms with E-state index in [2.05, 4.69) is 9.24 Å². The molecular formula is C2H7O2PS. The molecule has 0 aromatic heterocycles. The average Bonchev–Trinajstić information content (AvgIpc) is 1.35. The molecule has 1 unspecified atom stereocenters. The topological polar surface area (TPSA) is 34.1 Å². The molecule has 1 atom stereocenters. The molecule has 6 heavy (non-hydrogen) atoms. The second kappa shape index (κ2) is 1.90. The predicted molar refractivity (Wildman–Crippen MR) is 29.4 cm³/mol. The summed E-state index contributed by atoms with van der Waals surface area (Å²) in [5.74, 6) is 0. The number of sulfone groups is 1. The van der Waals surface area contributed by atoms with E-state index in [9.17, 15) is 8.42 Å². The molecule has 4 heteroatoms. The fraction of sp³-hybridized carbons (Fsp3) is 1.00. The normalized spacial score (nSPS) is 11.7. The molecule has 0 aromatic carbocycles. The van der Waals surface area contributed by atoms with Crippen molar-refractivity contribution in [1.82, 2.24) is 0 Å². The molecular weight excluding hydrogens is 119 g/mol. The molecule has 0 aliphatic rings. The zero-order valence-corrected chi connectivity index (χ0v) is 5.48. The molecule has 0 saturated heterocycles. The van der Waals surface area contributed by atoms with E-state index in [0.717, 1.165) is 0 Å². The molecule has 38 valence electrons. The van der Waals surface area contributed by atoms with Gasteiger partial charge in [-0.25, -0.2) is 8.42 Å². The molecule has 0 fully saturated rings. The predicted octanol–water partition coefficient (Wildman–Crippen LogP) is -0.136. The van der Waals surface area contributed by atoms with Crippen LogP contribution in [0.1, 0.15) is 0 Å². The summed E-state index contributed by atoms with van der Waals surface area (Å²) in [5.41, 5.74) is 0.160. The lowest BCUT2D eigenvalue weighted by molar-refractivity contribution is 0.606. The maximum Gasteiger partial charge on any atom is 0.150 e. The van der Waals surface area contributed by atoms with Gasteiger partial charge in [-0.1, -0.05) is 0 Å². The molecule has 0 amide bonds. The molecule has 0 bridgehead atoms. The van der Waals surface area contributed by atoms with Crippen molar-refractivity contribution in [3.63, 3.8) is 0 Å². The van der Waals surface area contributed by atoms with Crippen LogP contribution in [0.3, 0.4) is 0 Å². The van der Waals surface area contributed by atoms with Crippen molar-refractivity contribution in [1.29, 1.82) is 0 Å². The van der Waals surface area contributed by atoms with Crippen molar-refractivity contribution >= 4 is 19.1 Å². The number of hydrogen-bond acceptors (Lipinski definition) is 2. The monoisotopic (exact) mass is 126 g/mol. The Labute approximate surface area is 40.1 Å². The zero-order chi connectivity index (χ0) is 5.21. The summed E-state index contributed by atoms with van der Waals surface area (Å²) >= 11 is 0. The van der Waals surface area contributed by atoms with Gasteiger partial charge in [-0.05, 0) is 0 Å². The Balaban J connectivity index is 3.85. The van der Waals surface area contributed by atoms with Crippen LogP contribution in [-0.4, -0.2) is 20.2 Å². The van der Waals surface area contributed by atoms with Crippen LogP contribution in [0.15, 0.2) is 0 Å². The van der Waals surface area contributed by atoms with Crippen molar-refractivity contribution in [2.45, 2.75) is 0 Å². The average molecular weight is 126 g/mol. The molecule has 0 aliphatic carbocycles. The van der Waals surface area contributed by atoms with Crippen LogP contribution in [-0.2, 0) is 9.84 Å². The zero-order valence-electron chi connectivity index (χ0n) is 3.51. The standard InChI is InChI=1S/C2H7O2PS/c1-6(3,4)2-5/h2,5H2,1H3. The highest BCUT2D eigenvalue weighted by Gasteiger charge is 1.90. The van der Waals surface area contributed by atoms with Gasteiger partial charge in [0.05, 0.1) is 5.49 Å². The largest absolute Gasteiger partial charge is 0.229 e. The minimum absolute atomic E-state index is 0.160. The van der Waals surface area contributed by atoms with E-state index < -0.39 is 9.84 Å². The van der Waals surface area contributed by atoms with Crippen LogP contribution in [0.4, 0.5) is 0 Å². The quantitative estimate of drug-likeness (QED) is 0.458. The van der Waals surface area contributed by atoms with Crippen molar-refractivity contribution in [3.05, 3.63) is 0 Å². The summed E-state index contributed by atoms with van der Waals surface area (Å²) in [6.45, 7) is 0. The molecule has 0 radical (unpaired) electrons. The van der Waals surface area contributed by atoms with E-state index in [1.807, 2.05) is 0 Å². The Morgan fingerprint density at radius 1 is 1.67 bits per heavy atom. The molecule has 0 N–H and O–H groups in total. The molecule has 2 nitrogen and oxygen atoms in total. The Kier molecular flexibility index (Phi) is 2.02. The Bertz CT molecular complexity index is 114. The number of rotatable bonds is 1. The van der Waals surface area contributed by atoms with Crippen LogP contribution in [0, 0.1) is 0 Å². The van der Waals surface area contributed by atoms with E-state index in [4.69, 9.17) is 0 Å². The second-order valence-corrected chi connectivity index (χ2v) is 4.28. The van der Waals surface area contributed by atoms with Gasteiger partial charge in [0, 0.05) is 6.26 Å². The van der Waals surface area contributed by atoms with E-state index >= 15 is 0 Å². The van der Waals surface area contributed by atoms with Gasteiger partial charge in [0.15, 0.2) is 9.84 Å². The molecule has 0 spiro atoms. The molecule has 0 saturated carbocycles. The first-order valence-electron chi connectivity index (χ1n) is 1.44. The third-order valence-electron chi connectivity index (χ3n) is 0.303. The molecule has 0 heterocycles. The first kappa shape index (κ1) is 6.38. The van der Waals surface area contributed by atoms with Crippen LogP contribution >= 0.6 is 9.24 Å². The summed E-state index contributed by atoms with van der Waals surface area (Å²) < 4.78 is 20.0. The Hall–Kier alpha value is 0.380. The smallest absolute Gasteiger partial charge is 0.150 e. The molecule has 0 aromatic rings. The van der Waals surface area contributed by atoms with Crippen molar-refractivity contribution in [2.24, 2.45) is 0 Å². The third kappa shape index (κ3) is 4.38. The van der Waals surface area contributed by atoms with Gasteiger partial charge in [0.1, 0.15) is 0 Å². The van der Waals surface area contributed by atoms with E-state index in [1.165, 1.54) is 6.26 Å². The first-order chi connectivity index (χ1) is 2.56. The summed E-state index contributed by atoms with van der Waals surface area (Å²) in [6, 6.07) is 0. The van der Waals surface area contributed by atoms with Gasteiger partial charge in [-0.3, -0.25) is 0 Å². The summed E-state index contributed by atoms with van der Waals surface area (Å²) in [7, 11) is -0.563. The lowest BCUT2D eigenvalue weighted by atomic mass is 11.9. The highest BCUT2D eigenvalue weighted by Crippen LogP contribution is 1.87. The van der Waals surface area contributed by atoms with Crippen LogP contribution < -0.4 is 0 Å². The van der Waals surface area contributed by atoms with Gasteiger partial charge in [0.25, 0.3) is 0 Å². The van der Waals surface area contributed by atoms with Crippen molar-refractivity contribution in [3.8, 4) is 0 Å². The number of hydrogen-bond donors (Lipinski definition) is 0. The highest BCUT2D eigenvalue weighted by molar-refractivity contribution is 7.94.